The van der Waals surface area contributed by atoms with E-state index in [2.05, 4.69) is 15.5 Å². The van der Waals surface area contributed by atoms with E-state index in [1.165, 1.54) is 13.2 Å². The van der Waals surface area contributed by atoms with Gasteiger partial charge in [-0.25, -0.2) is 9.36 Å². The number of phenols is 1. The zero-order valence-corrected chi connectivity index (χ0v) is 16.5. The number of halogens is 1. The lowest BCUT2D eigenvalue weighted by Crippen LogP contribution is -2.33. The zero-order chi connectivity index (χ0) is 21.4. The number of nitrogens with zero attached hydrogens (tertiary/aromatic N) is 2. The third-order valence-corrected chi connectivity index (χ3v) is 5.07. The van der Waals surface area contributed by atoms with Gasteiger partial charge in [-0.05, 0) is 42.0 Å². The standard InChI is InChI=1S/C20H17ClN4O5/c1-30-16-7-2-10(8-15(16)26)13-9-14(24-23-13)17-18(27)22-20(29)25(19(17)28)12-5-3-11(21)4-6-12/h2-8,13,23,26,28H,9H2,1H3,(H,22,27,29)/t13-/m1/s1. The summed E-state index contributed by atoms with van der Waals surface area (Å²) in [5.74, 6) is -0.214. The number of aromatic hydroxyl groups is 2. The summed E-state index contributed by atoms with van der Waals surface area (Å²) >= 11 is 5.88. The van der Waals surface area contributed by atoms with Gasteiger partial charge in [0, 0.05) is 11.4 Å². The van der Waals surface area contributed by atoms with Gasteiger partial charge in [-0.1, -0.05) is 17.7 Å². The van der Waals surface area contributed by atoms with E-state index in [0.717, 1.165) is 4.57 Å². The summed E-state index contributed by atoms with van der Waals surface area (Å²) in [6, 6.07) is 10.8. The average molecular weight is 429 g/mol. The second-order valence-electron chi connectivity index (χ2n) is 6.65. The normalized spacial score (nSPS) is 15.5. The number of ether oxygens (including phenoxy) is 1. The molecule has 0 fully saturated rings. The molecule has 154 valence electrons. The van der Waals surface area contributed by atoms with E-state index in [4.69, 9.17) is 16.3 Å². The van der Waals surface area contributed by atoms with Gasteiger partial charge in [-0.3, -0.25) is 9.78 Å². The van der Waals surface area contributed by atoms with Gasteiger partial charge in [0.15, 0.2) is 11.5 Å². The highest BCUT2D eigenvalue weighted by Gasteiger charge is 2.28. The summed E-state index contributed by atoms with van der Waals surface area (Å²) in [7, 11) is 1.45. The van der Waals surface area contributed by atoms with Crippen molar-refractivity contribution in [2.45, 2.75) is 12.5 Å². The molecule has 1 aromatic heterocycles. The molecule has 0 bridgehead atoms. The molecule has 1 aliphatic heterocycles. The van der Waals surface area contributed by atoms with Crippen LogP contribution in [0.4, 0.5) is 0 Å². The molecule has 0 amide bonds. The predicted molar refractivity (Wildman–Crippen MR) is 111 cm³/mol. The lowest BCUT2D eigenvalue weighted by Gasteiger charge is -2.13. The molecule has 0 aliphatic carbocycles. The molecule has 30 heavy (non-hydrogen) atoms. The highest BCUT2D eigenvalue weighted by atomic mass is 35.5. The fourth-order valence-corrected chi connectivity index (χ4v) is 3.46. The third kappa shape index (κ3) is 3.39. The first-order valence-electron chi connectivity index (χ1n) is 8.92. The first kappa shape index (κ1) is 19.6. The second kappa shape index (κ2) is 7.60. The Balaban J connectivity index is 1.70. The van der Waals surface area contributed by atoms with Crippen LogP contribution in [0.1, 0.15) is 23.6 Å². The fourth-order valence-electron chi connectivity index (χ4n) is 3.33. The Morgan fingerprint density at radius 3 is 2.57 bits per heavy atom. The molecular weight excluding hydrogens is 412 g/mol. The van der Waals surface area contributed by atoms with Gasteiger partial charge >= 0.3 is 5.69 Å². The van der Waals surface area contributed by atoms with Crippen LogP contribution in [0.15, 0.2) is 57.2 Å². The van der Waals surface area contributed by atoms with Crippen molar-refractivity contribution in [2.24, 2.45) is 5.10 Å². The maximum atomic E-state index is 12.5. The smallest absolute Gasteiger partial charge is 0.335 e. The molecule has 1 aliphatic rings. The molecule has 9 nitrogen and oxygen atoms in total. The maximum Gasteiger partial charge on any atom is 0.335 e. The van der Waals surface area contributed by atoms with Crippen molar-refractivity contribution < 1.29 is 14.9 Å². The number of methoxy groups -OCH3 is 1. The second-order valence-corrected chi connectivity index (χ2v) is 7.08. The molecular formula is C20H17ClN4O5. The lowest BCUT2D eigenvalue weighted by molar-refractivity contribution is 0.372. The Bertz CT molecular complexity index is 1260. The number of phenolic OH excluding ortho intramolecular Hbond substituents is 1. The number of hydrogen-bond acceptors (Lipinski definition) is 7. The van der Waals surface area contributed by atoms with Crippen LogP contribution in [-0.4, -0.2) is 32.6 Å². The van der Waals surface area contributed by atoms with Crippen LogP contribution < -0.4 is 21.4 Å². The predicted octanol–water partition coefficient (Wildman–Crippen LogP) is 2.04. The largest absolute Gasteiger partial charge is 0.504 e. The number of aromatic nitrogens is 2. The molecule has 4 rings (SSSR count). The van der Waals surface area contributed by atoms with Gasteiger partial charge in [0.2, 0.25) is 5.88 Å². The Hall–Kier alpha value is -3.72. The van der Waals surface area contributed by atoms with Crippen molar-refractivity contribution in [3.8, 4) is 23.1 Å². The van der Waals surface area contributed by atoms with Crippen molar-refractivity contribution in [3.05, 3.63) is 79.5 Å². The summed E-state index contributed by atoms with van der Waals surface area (Å²) in [6.07, 6.45) is 0.251. The molecule has 10 heteroatoms. The van der Waals surface area contributed by atoms with Crippen LogP contribution in [0.25, 0.3) is 5.69 Å². The zero-order valence-electron chi connectivity index (χ0n) is 15.7. The quantitative estimate of drug-likeness (QED) is 0.503. The fraction of sp³-hybridized carbons (Fsp3) is 0.150. The Morgan fingerprint density at radius 2 is 1.90 bits per heavy atom. The van der Waals surface area contributed by atoms with Crippen LogP contribution in [0.3, 0.4) is 0 Å². The molecule has 2 heterocycles. The maximum absolute atomic E-state index is 12.5. The van der Waals surface area contributed by atoms with E-state index in [1.807, 2.05) is 0 Å². The highest BCUT2D eigenvalue weighted by Crippen LogP contribution is 2.32. The van der Waals surface area contributed by atoms with Crippen molar-refractivity contribution in [3.63, 3.8) is 0 Å². The van der Waals surface area contributed by atoms with Gasteiger partial charge in [0.1, 0.15) is 5.56 Å². The molecule has 0 unspecified atom stereocenters. The van der Waals surface area contributed by atoms with E-state index in [9.17, 15) is 19.8 Å². The van der Waals surface area contributed by atoms with Crippen LogP contribution in [0.2, 0.25) is 5.02 Å². The minimum absolute atomic E-state index is 0.0257. The lowest BCUT2D eigenvalue weighted by atomic mass is 9.99. The molecule has 2 aromatic carbocycles. The molecule has 0 spiro atoms. The first-order valence-corrected chi connectivity index (χ1v) is 9.30. The summed E-state index contributed by atoms with van der Waals surface area (Å²) in [6.45, 7) is 0. The van der Waals surface area contributed by atoms with Crippen molar-refractivity contribution >= 4 is 17.3 Å². The Kier molecular flexibility index (Phi) is 4.96. The van der Waals surface area contributed by atoms with E-state index in [1.54, 1.807) is 36.4 Å². The van der Waals surface area contributed by atoms with Crippen LogP contribution in [-0.2, 0) is 0 Å². The van der Waals surface area contributed by atoms with Crippen molar-refractivity contribution in [1.82, 2.24) is 15.0 Å². The molecule has 0 saturated carbocycles. The minimum Gasteiger partial charge on any atom is -0.504 e. The third-order valence-electron chi connectivity index (χ3n) is 4.82. The summed E-state index contributed by atoms with van der Waals surface area (Å²) in [5, 5.41) is 25.4. The van der Waals surface area contributed by atoms with Crippen LogP contribution in [0, 0.1) is 0 Å². The number of nitrogens with one attached hydrogen (secondary N) is 2. The van der Waals surface area contributed by atoms with Crippen molar-refractivity contribution in [1.29, 1.82) is 0 Å². The van der Waals surface area contributed by atoms with Gasteiger partial charge < -0.3 is 20.4 Å². The number of H-pyrrole nitrogens is 1. The summed E-state index contributed by atoms with van der Waals surface area (Å²) in [5.41, 5.74) is 2.57. The summed E-state index contributed by atoms with van der Waals surface area (Å²) < 4.78 is 6.01. The molecule has 0 saturated heterocycles. The molecule has 0 radical (unpaired) electrons. The van der Waals surface area contributed by atoms with E-state index in [-0.39, 0.29) is 29.5 Å². The molecule has 3 aromatic rings. The summed E-state index contributed by atoms with van der Waals surface area (Å²) in [4.78, 5) is 27.0. The van der Waals surface area contributed by atoms with E-state index in [0.29, 0.717) is 22.0 Å². The Labute approximate surface area is 174 Å². The number of aromatic amines is 1. The number of rotatable bonds is 4. The van der Waals surface area contributed by atoms with Gasteiger partial charge in [-0.2, -0.15) is 5.10 Å². The van der Waals surface area contributed by atoms with Crippen LogP contribution >= 0.6 is 11.6 Å². The van der Waals surface area contributed by atoms with Crippen LogP contribution in [0.5, 0.6) is 17.4 Å². The van der Waals surface area contributed by atoms with Crippen molar-refractivity contribution in [2.75, 3.05) is 7.11 Å². The molecule has 4 N–H and O–H groups in total. The Morgan fingerprint density at radius 1 is 1.17 bits per heavy atom. The monoisotopic (exact) mass is 428 g/mol. The number of benzene rings is 2. The highest BCUT2D eigenvalue weighted by molar-refractivity contribution is 6.30. The van der Waals surface area contributed by atoms with E-state index < -0.39 is 17.1 Å². The number of hydrogen-bond donors (Lipinski definition) is 4. The van der Waals surface area contributed by atoms with Gasteiger partial charge in [-0.15, -0.1) is 0 Å². The van der Waals surface area contributed by atoms with Gasteiger partial charge in [0.25, 0.3) is 5.56 Å². The van der Waals surface area contributed by atoms with E-state index >= 15 is 0 Å². The first-order chi connectivity index (χ1) is 14.4. The minimum atomic E-state index is -0.785. The molecule has 1 atom stereocenters. The number of hydrazone groups is 1. The SMILES string of the molecule is COc1ccc([C@H]2CC(c3c(O)n(-c4ccc(Cl)cc4)c(=O)[nH]c3=O)=NN2)cc1O. The topological polar surface area (TPSA) is 129 Å². The van der Waals surface area contributed by atoms with Gasteiger partial charge in [0.05, 0.1) is 24.6 Å². The average Bonchev–Trinajstić information content (AvgIpc) is 3.18.